The molecule has 0 fully saturated rings. The van der Waals surface area contributed by atoms with E-state index in [1.54, 1.807) is 0 Å². The third kappa shape index (κ3) is 3.32. The standard InChI is InChI=1S/C35H26N2O/c1-2-8-23(9-3-1)26-16-19-35(36-22-26)37-31-12-6-4-10-27(31)29-20-24(14-17-32(29)37)25-15-18-34-30(21-25)28-11-5-7-13-33(28)38-34/h1-8,10-15,17-18,20-23H,9,16,19H2. The van der Waals surface area contributed by atoms with Crippen molar-refractivity contribution in [2.24, 2.45) is 10.9 Å². The molecule has 1 aliphatic heterocycles. The van der Waals surface area contributed by atoms with Gasteiger partial charge in [0.1, 0.15) is 17.0 Å². The Morgan fingerprint density at radius 1 is 0.684 bits per heavy atom. The first-order chi connectivity index (χ1) is 18.8. The van der Waals surface area contributed by atoms with Gasteiger partial charge in [-0.1, -0.05) is 72.8 Å². The van der Waals surface area contributed by atoms with E-state index in [0.29, 0.717) is 5.92 Å². The predicted octanol–water partition coefficient (Wildman–Crippen LogP) is 9.42. The lowest BCUT2D eigenvalue weighted by atomic mass is 9.89. The normalized spacial score (nSPS) is 17.5. The fourth-order valence-corrected chi connectivity index (χ4v) is 6.19. The molecular weight excluding hydrogens is 464 g/mol. The van der Waals surface area contributed by atoms with Crippen LogP contribution in [0.3, 0.4) is 0 Å². The lowest BCUT2D eigenvalue weighted by molar-refractivity contribution is 0.669. The number of fused-ring (bicyclic) bond motifs is 6. The van der Waals surface area contributed by atoms with Crippen LogP contribution in [0.1, 0.15) is 19.3 Å². The van der Waals surface area contributed by atoms with Gasteiger partial charge in [0.25, 0.3) is 0 Å². The van der Waals surface area contributed by atoms with Crippen molar-refractivity contribution >= 4 is 49.6 Å². The predicted molar refractivity (Wildman–Crippen MR) is 159 cm³/mol. The van der Waals surface area contributed by atoms with E-state index in [2.05, 4.69) is 108 Å². The summed E-state index contributed by atoms with van der Waals surface area (Å²) < 4.78 is 8.43. The van der Waals surface area contributed by atoms with Gasteiger partial charge in [-0.2, -0.15) is 0 Å². The topological polar surface area (TPSA) is 30.4 Å². The molecule has 8 rings (SSSR count). The molecule has 1 aliphatic carbocycles. The van der Waals surface area contributed by atoms with E-state index in [0.717, 1.165) is 47.0 Å². The number of aromatic nitrogens is 1. The second kappa shape index (κ2) is 8.46. The van der Waals surface area contributed by atoms with Crippen LogP contribution < -0.4 is 0 Å². The van der Waals surface area contributed by atoms with Crippen molar-refractivity contribution < 1.29 is 4.42 Å². The maximum Gasteiger partial charge on any atom is 0.135 e. The number of benzene rings is 4. The molecule has 0 amide bonds. The van der Waals surface area contributed by atoms with Crippen molar-refractivity contribution in [3.8, 4) is 11.1 Å². The fourth-order valence-electron chi connectivity index (χ4n) is 6.19. The summed E-state index contributed by atoms with van der Waals surface area (Å²) in [5.41, 5.74) is 8.11. The van der Waals surface area contributed by atoms with Crippen LogP contribution in [-0.4, -0.2) is 10.4 Å². The highest BCUT2D eigenvalue weighted by atomic mass is 16.3. The summed E-state index contributed by atoms with van der Waals surface area (Å²) in [6.45, 7) is 0. The fraction of sp³-hybridized carbons (Fsp3) is 0.114. The van der Waals surface area contributed by atoms with Gasteiger partial charge in [-0.25, -0.2) is 4.99 Å². The monoisotopic (exact) mass is 490 g/mol. The zero-order valence-electron chi connectivity index (χ0n) is 21.0. The van der Waals surface area contributed by atoms with Crippen LogP contribution in [0.5, 0.6) is 0 Å². The molecule has 3 nitrogen and oxygen atoms in total. The van der Waals surface area contributed by atoms with Crippen molar-refractivity contribution in [2.45, 2.75) is 19.3 Å². The van der Waals surface area contributed by atoms with Gasteiger partial charge < -0.3 is 4.42 Å². The SMILES string of the molecule is C1=CCC(C2=CN=C(n3c4ccccc4c4cc(-c5ccc6oc7ccccc7c6c5)ccc43)CC2)C=C1. The minimum absolute atomic E-state index is 0.482. The summed E-state index contributed by atoms with van der Waals surface area (Å²) in [6.07, 6.45) is 14.0. The van der Waals surface area contributed by atoms with Crippen molar-refractivity contribution in [3.63, 3.8) is 0 Å². The molecular formula is C35H26N2O. The Balaban J connectivity index is 1.26. The van der Waals surface area contributed by atoms with Crippen LogP contribution in [0, 0.1) is 5.92 Å². The lowest BCUT2D eigenvalue weighted by Crippen LogP contribution is -2.16. The Morgan fingerprint density at radius 2 is 1.45 bits per heavy atom. The molecule has 1 atom stereocenters. The van der Waals surface area contributed by atoms with E-state index in [9.17, 15) is 0 Å². The van der Waals surface area contributed by atoms with E-state index in [-0.39, 0.29) is 0 Å². The van der Waals surface area contributed by atoms with Gasteiger partial charge in [0.05, 0.1) is 11.0 Å². The molecule has 182 valence electrons. The highest BCUT2D eigenvalue weighted by Crippen LogP contribution is 2.37. The molecule has 6 aromatic rings. The third-order valence-electron chi connectivity index (χ3n) is 8.11. The molecule has 0 spiro atoms. The summed E-state index contributed by atoms with van der Waals surface area (Å²) in [5.74, 6) is 1.60. The van der Waals surface area contributed by atoms with Crippen LogP contribution in [0.25, 0.3) is 54.9 Å². The second-order valence-corrected chi connectivity index (χ2v) is 10.3. The molecule has 1 unspecified atom stereocenters. The smallest absolute Gasteiger partial charge is 0.135 e. The zero-order valence-corrected chi connectivity index (χ0v) is 21.0. The Hall–Kier alpha value is -4.63. The minimum atomic E-state index is 0.482. The summed E-state index contributed by atoms with van der Waals surface area (Å²) in [5, 5.41) is 4.83. The lowest BCUT2D eigenvalue weighted by Gasteiger charge is -2.21. The molecule has 2 aromatic heterocycles. The van der Waals surface area contributed by atoms with Gasteiger partial charge >= 0.3 is 0 Å². The summed E-state index contributed by atoms with van der Waals surface area (Å²) >= 11 is 0. The van der Waals surface area contributed by atoms with Crippen LogP contribution in [0.15, 0.2) is 130 Å². The highest BCUT2D eigenvalue weighted by molar-refractivity contribution is 6.15. The minimum Gasteiger partial charge on any atom is -0.456 e. The van der Waals surface area contributed by atoms with Crippen molar-refractivity contribution in [1.82, 2.24) is 4.57 Å². The number of hydrogen-bond acceptors (Lipinski definition) is 2. The van der Waals surface area contributed by atoms with Gasteiger partial charge in [0.2, 0.25) is 0 Å². The molecule has 0 bridgehead atoms. The molecule has 0 saturated heterocycles. The van der Waals surface area contributed by atoms with Gasteiger partial charge in [-0.3, -0.25) is 4.57 Å². The van der Waals surface area contributed by atoms with Gasteiger partial charge in [0, 0.05) is 40.1 Å². The quantitative estimate of drug-likeness (QED) is 0.238. The van der Waals surface area contributed by atoms with Gasteiger partial charge in [-0.15, -0.1) is 0 Å². The van der Waals surface area contributed by atoms with Crippen molar-refractivity contribution in [3.05, 3.63) is 121 Å². The Labute approximate surface area is 220 Å². The van der Waals surface area contributed by atoms with Crippen LogP contribution >= 0.6 is 0 Å². The molecule has 0 N–H and O–H groups in total. The Morgan fingerprint density at radius 3 is 2.29 bits per heavy atom. The highest BCUT2D eigenvalue weighted by Gasteiger charge is 2.20. The largest absolute Gasteiger partial charge is 0.456 e. The molecule has 3 heteroatoms. The first-order valence-electron chi connectivity index (χ1n) is 13.4. The number of hydrogen-bond donors (Lipinski definition) is 0. The summed E-state index contributed by atoms with van der Waals surface area (Å²) in [7, 11) is 0. The Kier molecular flexibility index (Phi) is 4.78. The zero-order chi connectivity index (χ0) is 25.1. The number of para-hydroxylation sites is 2. The molecule has 0 radical (unpaired) electrons. The molecule has 3 heterocycles. The van der Waals surface area contributed by atoms with Gasteiger partial charge in [-0.05, 0) is 65.9 Å². The number of nitrogens with zero attached hydrogens (tertiary/aromatic N) is 2. The average Bonchev–Trinajstić information content (AvgIpc) is 3.53. The van der Waals surface area contributed by atoms with Crippen molar-refractivity contribution in [1.29, 1.82) is 0 Å². The maximum absolute atomic E-state index is 6.06. The van der Waals surface area contributed by atoms with Crippen LogP contribution in [-0.2, 0) is 0 Å². The molecule has 2 aliphatic rings. The van der Waals surface area contributed by atoms with E-state index < -0.39 is 0 Å². The van der Waals surface area contributed by atoms with Crippen LogP contribution in [0.4, 0.5) is 0 Å². The third-order valence-corrected chi connectivity index (χ3v) is 8.11. The first-order valence-corrected chi connectivity index (χ1v) is 13.4. The summed E-state index contributed by atoms with van der Waals surface area (Å²) in [6, 6.07) is 30.3. The molecule has 0 saturated carbocycles. The average molecular weight is 491 g/mol. The number of furan rings is 1. The van der Waals surface area contributed by atoms with Gasteiger partial charge in [0.15, 0.2) is 0 Å². The second-order valence-electron chi connectivity index (χ2n) is 10.3. The molecule has 4 aromatic carbocycles. The maximum atomic E-state index is 6.06. The van der Waals surface area contributed by atoms with E-state index in [1.165, 1.54) is 38.5 Å². The number of aliphatic imine (C=N–C) groups is 1. The van der Waals surface area contributed by atoms with E-state index in [1.807, 2.05) is 12.1 Å². The van der Waals surface area contributed by atoms with E-state index >= 15 is 0 Å². The first kappa shape index (κ1) is 21.5. The van der Waals surface area contributed by atoms with E-state index in [4.69, 9.17) is 9.41 Å². The number of rotatable bonds is 2. The number of allylic oxidation sites excluding steroid dienone is 5. The van der Waals surface area contributed by atoms with Crippen molar-refractivity contribution in [2.75, 3.05) is 0 Å². The Bertz CT molecular complexity index is 2010. The molecule has 38 heavy (non-hydrogen) atoms. The van der Waals surface area contributed by atoms with Crippen LogP contribution in [0.2, 0.25) is 0 Å². The summed E-state index contributed by atoms with van der Waals surface area (Å²) in [4.78, 5) is 5.02.